The average molecular weight is 318 g/mol. The number of amides is 1. The summed E-state index contributed by atoms with van der Waals surface area (Å²) in [5.41, 5.74) is 1.08. The highest BCUT2D eigenvalue weighted by molar-refractivity contribution is 5.83. The van der Waals surface area contributed by atoms with Crippen LogP contribution in [-0.4, -0.2) is 54.8 Å². The maximum Gasteiger partial charge on any atom is 0.239 e. The molecule has 2 fully saturated rings. The molecule has 23 heavy (non-hydrogen) atoms. The topological polar surface area (TPSA) is 51.2 Å². The van der Waals surface area contributed by atoms with E-state index in [2.05, 4.69) is 9.80 Å². The van der Waals surface area contributed by atoms with Gasteiger partial charge in [0.25, 0.3) is 0 Å². The minimum absolute atomic E-state index is 0.0826. The molecule has 0 spiro atoms. The second-order valence-electron chi connectivity index (χ2n) is 6.46. The Morgan fingerprint density at radius 1 is 1.35 bits per heavy atom. The second kappa shape index (κ2) is 5.60. The van der Waals surface area contributed by atoms with Crippen molar-refractivity contribution in [1.82, 2.24) is 9.80 Å². The Morgan fingerprint density at radius 3 is 3.04 bits per heavy atom. The van der Waals surface area contributed by atoms with Gasteiger partial charge < -0.3 is 19.1 Å². The number of rotatable bonds is 3. The summed E-state index contributed by atoms with van der Waals surface area (Å²) in [5.74, 6) is 2.33. The van der Waals surface area contributed by atoms with Gasteiger partial charge >= 0.3 is 0 Å². The lowest BCUT2D eigenvalue weighted by molar-refractivity contribution is -0.143. The SMILES string of the molecule is COc1cc(CN2C[C@@H]3CCCN3C(=O)[C@H]2C)cc2c1OCO2. The fourth-order valence-electron chi connectivity index (χ4n) is 3.85. The molecule has 124 valence electrons. The first-order chi connectivity index (χ1) is 11.2. The molecule has 0 N–H and O–H groups in total. The number of piperazine rings is 1. The van der Waals surface area contributed by atoms with E-state index in [0.29, 0.717) is 24.1 Å². The van der Waals surface area contributed by atoms with Crippen molar-refractivity contribution in [2.75, 3.05) is 27.0 Å². The first-order valence-corrected chi connectivity index (χ1v) is 8.18. The quantitative estimate of drug-likeness (QED) is 0.848. The third-order valence-electron chi connectivity index (χ3n) is 5.11. The van der Waals surface area contributed by atoms with E-state index in [1.54, 1.807) is 7.11 Å². The molecule has 4 rings (SSSR count). The van der Waals surface area contributed by atoms with E-state index in [0.717, 1.165) is 37.2 Å². The maximum absolute atomic E-state index is 12.5. The molecule has 6 nitrogen and oxygen atoms in total. The number of hydrogen-bond donors (Lipinski definition) is 0. The van der Waals surface area contributed by atoms with Gasteiger partial charge in [0.2, 0.25) is 18.4 Å². The van der Waals surface area contributed by atoms with Gasteiger partial charge in [-0.25, -0.2) is 0 Å². The third-order valence-corrected chi connectivity index (χ3v) is 5.11. The van der Waals surface area contributed by atoms with Crippen LogP contribution in [0.3, 0.4) is 0 Å². The van der Waals surface area contributed by atoms with Crippen molar-refractivity contribution in [3.05, 3.63) is 17.7 Å². The minimum atomic E-state index is -0.0826. The van der Waals surface area contributed by atoms with E-state index in [4.69, 9.17) is 14.2 Å². The highest BCUT2D eigenvalue weighted by Gasteiger charge is 2.40. The summed E-state index contributed by atoms with van der Waals surface area (Å²) < 4.78 is 16.3. The molecule has 3 aliphatic heterocycles. The largest absolute Gasteiger partial charge is 0.493 e. The highest BCUT2D eigenvalue weighted by Crippen LogP contribution is 2.42. The first kappa shape index (κ1) is 14.6. The Hall–Kier alpha value is -1.95. The van der Waals surface area contributed by atoms with Gasteiger partial charge in [-0.05, 0) is 37.5 Å². The predicted molar refractivity (Wildman–Crippen MR) is 83.7 cm³/mol. The molecule has 0 saturated carbocycles. The molecule has 1 amide bonds. The van der Waals surface area contributed by atoms with Gasteiger partial charge in [-0.1, -0.05) is 0 Å². The lowest BCUT2D eigenvalue weighted by Crippen LogP contribution is -2.58. The van der Waals surface area contributed by atoms with Crippen LogP contribution < -0.4 is 14.2 Å². The molecule has 0 aliphatic carbocycles. The number of ether oxygens (including phenoxy) is 3. The number of methoxy groups -OCH3 is 1. The minimum Gasteiger partial charge on any atom is -0.493 e. The van der Waals surface area contributed by atoms with E-state index in [1.165, 1.54) is 0 Å². The summed E-state index contributed by atoms with van der Waals surface area (Å²) in [6.07, 6.45) is 2.23. The zero-order chi connectivity index (χ0) is 16.0. The Kier molecular flexibility index (Phi) is 3.56. The Bertz CT molecular complexity index is 633. The van der Waals surface area contributed by atoms with Crippen LogP contribution in [0, 0.1) is 0 Å². The summed E-state index contributed by atoms with van der Waals surface area (Å²) in [6, 6.07) is 4.25. The van der Waals surface area contributed by atoms with Crippen LogP contribution in [0.1, 0.15) is 25.3 Å². The number of carbonyl (C=O) groups is 1. The van der Waals surface area contributed by atoms with Gasteiger partial charge in [-0.3, -0.25) is 9.69 Å². The van der Waals surface area contributed by atoms with Crippen LogP contribution in [0.5, 0.6) is 17.2 Å². The number of benzene rings is 1. The monoisotopic (exact) mass is 318 g/mol. The summed E-state index contributed by atoms with van der Waals surface area (Å²) in [5, 5.41) is 0. The molecule has 1 aromatic rings. The van der Waals surface area contributed by atoms with E-state index in [-0.39, 0.29) is 18.7 Å². The maximum atomic E-state index is 12.5. The second-order valence-corrected chi connectivity index (χ2v) is 6.46. The number of nitrogens with zero attached hydrogens (tertiary/aromatic N) is 2. The zero-order valence-corrected chi connectivity index (χ0v) is 13.6. The molecule has 0 radical (unpaired) electrons. The summed E-state index contributed by atoms with van der Waals surface area (Å²) in [6.45, 7) is 4.79. The average Bonchev–Trinajstić information content (AvgIpc) is 3.20. The normalized spacial score (nSPS) is 26.5. The van der Waals surface area contributed by atoms with Crippen LogP contribution in [0.15, 0.2) is 12.1 Å². The van der Waals surface area contributed by atoms with Crippen LogP contribution in [0.4, 0.5) is 0 Å². The summed E-state index contributed by atoms with van der Waals surface area (Å²) in [4.78, 5) is 16.8. The van der Waals surface area contributed by atoms with E-state index in [1.807, 2.05) is 19.1 Å². The number of carbonyl (C=O) groups excluding carboxylic acids is 1. The van der Waals surface area contributed by atoms with Crippen LogP contribution in [0.25, 0.3) is 0 Å². The van der Waals surface area contributed by atoms with Crippen molar-refractivity contribution in [2.45, 2.75) is 38.4 Å². The molecule has 0 bridgehead atoms. The van der Waals surface area contributed by atoms with Crippen molar-refractivity contribution < 1.29 is 19.0 Å². The molecule has 1 aromatic carbocycles. The van der Waals surface area contributed by atoms with E-state index in [9.17, 15) is 4.79 Å². The molecule has 0 unspecified atom stereocenters. The number of fused-ring (bicyclic) bond motifs is 2. The van der Waals surface area contributed by atoms with Crippen molar-refractivity contribution in [3.63, 3.8) is 0 Å². The smallest absolute Gasteiger partial charge is 0.239 e. The van der Waals surface area contributed by atoms with Gasteiger partial charge in [0.15, 0.2) is 11.5 Å². The van der Waals surface area contributed by atoms with Crippen LogP contribution in [-0.2, 0) is 11.3 Å². The van der Waals surface area contributed by atoms with Crippen molar-refractivity contribution in [1.29, 1.82) is 0 Å². The third kappa shape index (κ3) is 2.41. The van der Waals surface area contributed by atoms with E-state index < -0.39 is 0 Å². The van der Waals surface area contributed by atoms with Crippen molar-refractivity contribution >= 4 is 5.91 Å². The van der Waals surface area contributed by atoms with Crippen molar-refractivity contribution in [3.8, 4) is 17.2 Å². The Morgan fingerprint density at radius 2 is 2.22 bits per heavy atom. The Balaban J connectivity index is 1.57. The standard InChI is InChI=1S/C17H22N2O4/c1-11-17(20)19-5-3-4-13(19)9-18(11)8-12-6-14(21-2)16-15(7-12)22-10-23-16/h6-7,11,13H,3-5,8-10H2,1-2H3/t11-,13+/m1/s1. The summed E-state index contributed by atoms with van der Waals surface area (Å²) in [7, 11) is 1.63. The highest BCUT2D eigenvalue weighted by atomic mass is 16.7. The van der Waals surface area contributed by atoms with Gasteiger partial charge in [-0.15, -0.1) is 0 Å². The summed E-state index contributed by atoms with van der Waals surface area (Å²) >= 11 is 0. The van der Waals surface area contributed by atoms with Gasteiger partial charge in [0.05, 0.1) is 13.2 Å². The first-order valence-electron chi connectivity index (χ1n) is 8.18. The fraction of sp³-hybridized carbons (Fsp3) is 0.588. The zero-order valence-electron chi connectivity index (χ0n) is 13.6. The van der Waals surface area contributed by atoms with Crippen molar-refractivity contribution in [2.24, 2.45) is 0 Å². The van der Waals surface area contributed by atoms with Crippen LogP contribution in [0.2, 0.25) is 0 Å². The molecule has 0 aromatic heterocycles. The molecule has 2 atom stereocenters. The molecule has 2 saturated heterocycles. The molecular weight excluding hydrogens is 296 g/mol. The van der Waals surface area contributed by atoms with Gasteiger partial charge in [0, 0.05) is 25.7 Å². The molecule has 3 heterocycles. The lowest BCUT2D eigenvalue weighted by atomic mass is 10.1. The van der Waals surface area contributed by atoms with E-state index >= 15 is 0 Å². The number of hydrogen-bond acceptors (Lipinski definition) is 5. The lowest BCUT2D eigenvalue weighted by Gasteiger charge is -2.41. The fourth-order valence-corrected chi connectivity index (χ4v) is 3.85. The molecular formula is C17H22N2O4. The Labute approximate surface area is 135 Å². The van der Waals surface area contributed by atoms with Gasteiger partial charge in [0.1, 0.15) is 0 Å². The predicted octanol–water partition coefficient (Wildman–Crippen LogP) is 1.62. The van der Waals surface area contributed by atoms with Gasteiger partial charge in [-0.2, -0.15) is 0 Å². The van der Waals surface area contributed by atoms with Crippen LogP contribution >= 0.6 is 0 Å². The molecule has 6 heteroatoms. The molecule has 3 aliphatic rings.